The number of aromatic nitrogens is 2. The second-order valence-corrected chi connectivity index (χ2v) is 10.5. The monoisotopic (exact) mass is 489 g/mol. The average Bonchev–Trinajstić information content (AvgIpc) is 3.39. The first kappa shape index (κ1) is 24.7. The predicted molar refractivity (Wildman–Crippen MR) is 126 cm³/mol. The van der Waals surface area contributed by atoms with Crippen LogP contribution >= 0.6 is 11.6 Å². The number of aliphatic hydroxyl groups excluding tert-OH is 1. The maximum absolute atomic E-state index is 13.4. The van der Waals surface area contributed by atoms with Crippen molar-refractivity contribution >= 4 is 23.2 Å². The molecule has 1 aromatic heterocycles. The number of nitrogens with zero attached hydrogens (tertiary/aromatic N) is 2. The number of rotatable bonds is 4. The Bertz CT molecular complexity index is 1150. The van der Waals surface area contributed by atoms with Crippen molar-refractivity contribution in [3.05, 3.63) is 46.8 Å². The van der Waals surface area contributed by atoms with Gasteiger partial charge in [0.15, 0.2) is 0 Å². The van der Waals surface area contributed by atoms with E-state index in [2.05, 4.69) is 22.1 Å². The van der Waals surface area contributed by atoms with Crippen LogP contribution in [0.2, 0.25) is 5.02 Å². The molecule has 0 spiro atoms. The quantitative estimate of drug-likeness (QED) is 0.493. The first-order chi connectivity index (χ1) is 15.9. The lowest BCUT2D eigenvalue weighted by molar-refractivity contribution is -0.0181. The van der Waals surface area contributed by atoms with E-state index in [4.69, 9.17) is 11.6 Å². The number of nitrogens with one attached hydrogen (secondary N) is 1. The lowest BCUT2D eigenvalue weighted by atomic mass is 9.92. The standard InChI is InChI=1S/C25H29ClFN3O4/c1-24(2,33)20(31)6-7-25(34)11-15-8-14(9-16(15)12-25)21-22(30(3)13-28-21)23(32)29-17-4-5-19(27)18(26)10-17/h4-5,10,13-16,20,31,33-34H,8-9,11-12H2,1-3H3,(H,29,32)/t14?,15?,16?,20-,25?/m1/s1. The minimum atomic E-state index is -1.36. The van der Waals surface area contributed by atoms with E-state index >= 15 is 0 Å². The number of carbonyl (C=O) groups excluding carboxylic acids is 1. The van der Waals surface area contributed by atoms with Crippen LogP contribution < -0.4 is 5.32 Å². The Morgan fingerprint density at radius 2 is 2.00 bits per heavy atom. The highest BCUT2D eigenvalue weighted by atomic mass is 35.5. The number of anilines is 1. The zero-order valence-electron chi connectivity index (χ0n) is 19.3. The highest BCUT2D eigenvalue weighted by Crippen LogP contribution is 2.53. The second kappa shape index (κ2) is 8.97. The van der Waals surface area contributed by atoms with Gasteiger partial charge in [-0.3, -0.25) is 4.79 Å². The molecular weight excluding hydrogens is 461 g/mol. The van der Waals surface area contributed by atoms with Crippen molar-refractivity contribution in [2.45, 2.75) is 62.8 Å². The Morgan fingerprint density at radius 1 is 1.35 bits per heavy atom. The summed E-state index contributed by atoms with van der Waals surface area (Å²) in [6, 6.07) is 4.01. The number of hydrogen-bond donors (Lipinski definition) is 4. The zero-order chi connectivity index (χ0) is 24.8. The van der Waals surface area contributed by atoms with Gasteiger partial charge in [-0.15, -0.1) is 0 Å². The first-order valence-electron chi connectivity index (χ1n) is 11.3. The van der Waals surface area contributed by atoms with Crippen molar-refractivity contribution in [2.24, 2.45) is 18.9 Å². The molecule has 1 heterocycles. The van der Waals surface area contributed by atoms with Crippen LogP contribution in [0.1, 0.15) is 61.6 Å². The van der Waals surface area contributed by atoms with E-state index in [0.717, 1.165) is 12.8 Å². The Labute approximate surface area is 203 Å². The van der Waals surface area contributed by atoms with Gasteiger partial charge >= 0.3 is 0 Å². The maximum Gasteiger partial charge on any atom is 0.274 e. The zero-order valence-corrected chi connectivity index (χ0v) is 20.1. The summed E-state index contributed by atoms with van der Waals surface area (Å²) in [5, 5.41) is 33.5. The van der Waals surface area contributed by atoms with E-state index in [0.29, 0.717) is 29.9 Å². The fraction of sp³-hybridized carbons (Fsp3) is 0.520. The third-order valence-corrected chi connectivity index (χ3v) is 7.19. The number of amides is 1. The molecule has 0 aliphatic heterocycles. The molecule has 2 aliphatic rings. The van der Waals surface area contributed by atoms with Gasteiger partial charge in [-0.1, -0.05) is 23.4 Å². The smallest absolute Gasteiger partial charge is 0.274 e. The number of benzene rings is 1. The Morgan fingerprint density at radius 3 is 2.59 bits per heavy atom. The van der Waals surface area contributed by atoms with E-state index < -0.39 is 23.1 Å². The fourth-order valence-corrected chi connectivity index (χ4v) is 5.34. The summed E-state index contributed by atoms with van der Waals surface area (Å²) in [6.45, 7) is 2.94. The number of carbonyl (C=O) groups is 1. The van der Waals surface area contributed by atoms with Crippen LogP contribution in [0.4, 0.5) is 10.1 Å². The van der Waals surface area contributed by atoms with Crippen molar-refractivity contribution < 1.29 is 24.5 Å². The van der Waals surface area contributed by atoms with Gasteiger partial charge in [-0.2, -0.15) is 0 Å². The summed E-state index contributed by atoms with van der Waals surface area (Å²) in [7, 11) is 1.75. The minimum Gasteiger partial charge on any atom is -0.387 e. The van der Waals surface area contributed by atoms with E-state index in [9.17, 15) is 24.5 Å². The van der Waals surface area contributed by atoms with Gasteiger partial charge in [-0.05, 0) is 69.6 Å². The molecule has 1 amide bonds. The van der Waals surface area contributed by atoms with Crippen molar-refractivity contribution in [1.82, 2.24) is 9.55 Å². The molecule has 2 saturated carbocycles. The summed E-state index contributed by atoms with van der Waals surface area (Å²) in [4.78, 5) is 17.5. The second-order valence-electron chi connectivity index (χ2n) is 10.1. The van der Waals surface area contributed by atoms with Crippen LogP contribution in [-0.2, 0) is 7.05 Å². The van der Waals surface area contributed by atoms with Crippen LogP contribution in [0.25, 0.3) is 0 Å². The van der Waals surface area contributed by atoms with Gasteiger partial charge in [0.1, 0.15) is 23.2 Å². The number of aryl methyl sites for hydroxylation is 1. The van der Waals surface area contributed by atoms with Gasteiger partial charge < -0.3 is 25.2 Å². The molecule has 1 aromatic carbocycles. The number of fused-ring (bicyclic) bond motifs is 1. The largest absolute Gasteiger partial charge is 0.387 e. The molecule has 2 fully saturated rings. The molecule has 2 aliphatic carbocycles. The maximum atomic E-state index is 13.4. The summed E-state index contributed by atoms with van der Waals surface area (Å²) >= 11 is 5.83. The SMILES string of the molecule is Cn1cnc(C2CC3CC(O)(C#C[C@@H](O)C(C)(C)O)CC3C2)c1C(=O)Nc1ccc(F)c(Cl)c1. The molecule has 4 N–H and O–H groups in total. The van der Waals surface area contributed by atoms with E-state index in [1.165, 1.54) is 32.0 Å². The number of imidazole rings is 1. The Kier molecular flexibility index (Phi) is 6.51. The lowest BCUT2D eigenvalue weighted by Gasteiger charge is -2.22. The molecule has 9 heteroatoms. The van der Waals surface area contributed by atoms with Crippen molar-refractivity contribution in [2.75, 3.05) is 5.32 Å². The summed E-state index contributed by atoms with van der Waals surface area (Å²) in [5.74, 6) is 4.99. The van der Waals surface area contributed by atoms with Gasteiger partial charge in [0.25, 0.3) is 5.91 Å². The molecule has 7 nitrogen and oxygen atoms in total. The van der Waals surface area contributed by atoms with Gasteiger partial charge in [0.2, 0.25) is 0 Å². The van der Waals surface area contributed by atoms with Crippen LogP contribution in [0, 0.1) is 29.5 Å². The molecule has 34 heavy (non-hydrogen) atoms. The molecule has 0 saturated heterocycles. The summed E-state index contributed by atoms with van der Waals surface area (Å²) in [5.41, 5.74) is -1.02. The van der Waals surface area contributed by atoms with Gasteiger partial charge in [0.05, 0.1) is 22.6 Å². The van der Waals surface area contributed by atoms with Crippen LogP contribution in [0.3, 0.4) is 0 Å². The normalized spacial score (nSPS) is 27.1. The van der Waals surface area contributed by atoms with Gasteiger partial charge in [-0.25, -0.2) is 9.37 Å². The topological polar surface area (TPSA) is 108 Å². The molecule has 0 bridgehead atoms. The summed E-state index contributed by atoms with van der Waals surface area (Å²) < 4.78 is 15.1. The van der Waals surface area contributed by atoms with Crippen molar-refractivity contribution in [3.63, 3.8) is 0 Å². The van der Waals surface area contributed by atoms with Crippen molar-refractivity contribution in [3.8, 4) is 11.8 Å². The number of aliphatic hydroxyl groups is 3. The third-order valence-electron chi connectivity index (χ3n) is 6.90. The van der Waals surface area contributed by atoms with Gasteiger partial charge in [0, 0.05) is 18.7 Å². The van der Waals surface area contributed by atoms with E-state index in [-0.39, 0.29) is 28.7 Å². The molecule has 4 rings (SSSR count). The van der Waals surface area contributed by atoms with Crippen LogP contribution in [0.5, 0.6) is 0 Å². The first-order valence-corrected chi connectivity index (χ1v) is 11.7. The predicted octanol–water partition coefficient (Wildman–Crippen LogP) is 3.23. The minimum absolute atomic E-state index is 0.0632. The van der Waals surface area contributed by atoms with Crippen LogP contribution in [0.15, 0.2) is 24.5 Å². The molecule has 2 aromatic rings. The Hall–Kier alpha value is -2.44. The van der Waals surface area contributed by atoms with Crippen molar-refractivity contribution in [1.29, 1.82) is 0 Å². The fourth-order valence-electron chi connectivity index (χ4n) is 5.16. The molecule has 2 unspecified atom stereocenters. The van der Waals surface area contributed by atoms with E-state index in [1.807, 2.05) is 0 Å². The summed E-state index contributed by atoms with van der Waals surface area (Å²) in [6.07, 6.45) is 2.85. The van der Waals surface area contributed by atoms with E-state index in [1.54, 1.807) is 17.9 Å². The molecular formula is C25H29ClFN3O4. The highest BCUT2D eigenvalue weighted by molar-refractivity contribution is 6.31. The highest BCUT2D eigenvalue weighted by Gasteiger charge is 2.49. The average molecular weight is 490 g/mol. The Balaban J connectivity index is 1.46. The molecule has 182 valence electrons. The molecule has 3 atom stereocenters. The third kappa shape index (κ3) is 4.98. The number of hydrogen-bond acceptors (Lipinski definition) is 5. The van der Waals surface area contributed by atoms with Crippen LogP contribution in [-0.4, -0.2) is 48.1 Å². The molecule has 0 radical (unpaired) electrons. The number of halogens is 2. The lowest BCUT2D eigenvalue weighted by Crippen LogP contribution is -2.35.